The van der Waals surface area contributed by atoms with E-state index in [4.69, 9.17) is 0 Å². The van der Waals surface area contributed by atoms with E-state index < -0.39 is 0 Å². The van der Waals surface area contributed by atoms with Gasteiger partial charge in [0.05, 0.1) is 6.54 Å². The van der Waals surface area contributed by atoms with E-state index in [1.165, 1.54) is 0 Å². The Bertz CT molecular complexity index is 486. The highest BCUT2D eigenvalue weighted by Crippen LogP contribution is 2.11. The maximum atomic E-state index is 4.49. The number of hydrogen-bond donors (Lipinski definition) is 1. The van der Waals surface area contributed by atoms with Crippen LogP contribution in [0.5, 0.6) is 0 Å². The van der Waals surface area contributed by atoms with Crippen LogP contribution in [0.2, 0.25) is 0 Å². The zero-order chi connectivity index (χ0) is 12.8. The molecule has 0 unspecified atom stereocenters. The van der Waals surface area contributed by atoms with Gasteiger partial charge in [0.1, 0.15) is 11.6 Å². The maximum absolute atomic E-state index is 4.49. The predicted molar refractivity (Wildman–Crippen MR) is 71.1 cm³/mol. The van der Waals surface area contributed by atoms with E-state index in [1.54, 1.807) is 12.4 Å². The molecule has 0 aliphatic heterocycles. The van der Waals surface area contributed by atoms with Crippen LogP contribution in [0.15, 0.2) is 36.8 Å². The molecule has 2 rings (SSSR count). The van der Waals surface area contributed by atoms with Crippen molar-refractivity contribution in [2.24, 2.45) is 0 Å². The third-order valence-corrected chi connectivity index (χ3v) is 2.56. The topological polar surface area (TPSA) is 53.9 Å². The van der Waals surface area contributed by atoms with Crippen LogP contribution in [-0.4, -0.2) is 29.0 Å². The third kappa shape index (κ3) is 3.24. The van der Waals surface area contributed by atoms with Crippen LogP contribution in [0.3, 0.4) is 0 Å². The van der Waals surface area contributed by atoms with Crippen LogP contribution in [-0.2, 0) is 13.1 Å². The summed E-state index contributed by atoms with van der Waals surface area (Å²) in [4.78, 5) is 14.9. The first-order valence-electron chi connectivity index (χ1n) is 5.86. The summed E-state index contributed by atoms with van der Waals surface area (Å²) in [6, 6.07) is 5.91. The second-order valence-corrected chi connectivity index (χ2v) is 4.08. The van der Waals surface area contributed by atoms with Gasteiger partial charge in [-0.25, -0.2) is 9.97 Å². The zero-order valence-corrected chi connectivity index (χ0v) is 10.7. The highest BCUT2D eigenvalue weighted by Gasteiger charge is 2.05. The Labute approximate surface area is 107 Å². The predicted octanol–water partition coefficient (Wildman–Crippen LogP) is 1.23. The van der Waals surface area contributed by atoms with E-state index in [9.17, 15) is 0 Å². The summed E-state index contributed by atoms with van der Waals surface area (Å²) in [5.74, 6) is 1.71. The van der Waals surface area contributed by atoms with E-state index in [1.807, 2.05) is 32.4 Å². The van der Waals surface area contributed by atoms with E-state index >= 15 is 0 Å². The zero-order valence-electron chi connectivity index (χ0n) is 10.7. The lowest BCUT2D eigenvalue weighted by Gasteiger charge is -2.18. The van der Waals surface area contributed by atoms with Crippen molar-refractivity contribution < 1.29 is 0 Å². The summed E-state index contributed by atoms with van der Waals surface area (Å²) in [5.41, 5.74) is 1.16. The Kier molecular flexibility index (Phi) is 4.20. The molecule has 0 radical (unpaired) electrons. The molecule has 0 atom stereocenters. The normalized spacial score (nSPS) is 10.3. The van der Waals surface area contributed by atoms with Crippen molar-refractivity contribution in [3.05, 3.63) is 48.2 Å². The summed E-state index contributed by atoms with van der Waals surface area (Å²) in [7, 11) is 3.90. The van der Waals surface area contributed by atoms with Gasteiger partial charge in [0.15, 0.2) is 0 Å². The minimum atomic E-state index is 0.675. The third-order valence-electron chi connectivity index (χ3n) is 2.56. The van der Waals surface area contributed by atoms with Crippen molar-refractivity contribution in [1.82, 2.24) is 20.3 Å². The summed E-state index contributed by atoms with van der Waals surface area (Å²) in [6.45, 7) is 1.46. The molecular formula is C13H17N5. The highest BCUT2D eigenvalue weighted by molar-refractivity contribution is 5.37. The Morgan fingerprint density at radius 3 is 2.89 bits per heavy atom. The standard InChI is InChI=1S/C13H17N5/c1-14-9-12-16-7-5-13(17-12)18(2)10-11-4-3-6-15-8-11/h3-8,14H,9-10H2,1-2H3. The second kappa shape index (κ2) is 6.07. The molecule has 0 aliphatic carbocycles. The van der Waals surface area contributed by atoms with Crippen molar-refractivity contribution >= 4 is 5.82 Å². The van der Waals surface area contributed by atoms with Crippen molar-refractivity contribution in [3.63, 3.8) is 0 Å². The van der Waals surface area contributed by atoms with E-state index in [-0.39, 0.29) is 0 Å². The van der Waals surface area contributed by atoms with Crippen molar-refractivity contribution in [2.75, 3.05) is 19.0 Å². The van der Waals surface area contributed by atoms with E-state index in [2.05, 4.69) is 31.2 Å². The molecule has 0 spiro atoms. The van der Waals surface area contributed by atoms with Crippen molar-refractivity contribution in [1.29, 1.82) is 0 Å². The van der Waals surface area contributed by atoms with Crippen molar-refractivity contribution in [2.45, 2.75) is 13.1 Å². The van der Waals surface area contributed by atoms with Gasteiger partial charge in [-0.05, 0) is 24.7 Å². The molecule has 0 aliphatic rings. The molecule has 5 nitrogen and oxygen atoms in total. The molecule has 0 saturated heterocycles. The molecule has 0 fully saturated rings. The minimum Gasteiger partial charge on any atom is -0.355 e. The molecule has 2 aromatic heterocycles. The molecule has 94 valence electrons. The fourth-order valence-corrected chi connectivity index (χ4v) is 1.69. The molecule has 0 bridgehead atoms. The molecule has 0 saturated carbocycles. The monoisotopic (exact) mass is 243 g/mol. The lowest BCUT2D eigenvalue weighted by molar-refractivity contribution is 0.750. The summed E-state index contributed by atoms with van der Waals surface area (Å²) in [5, 5.41) is 3.05. The van der Waals surface area contributed by atoms with Crippen LogP contribution in [0.1, 0.15) is 11.4 Å². The average molecular weight is 243 g/mol. The summed E-state index contributed by atoms with van der Waals surface area (Å²) >= 11 is 0. The first-order chi connectivity index (χ1) is 8.79. The molecule has 0 amide bonds. The molecule has 1 N–H and O–H groups in total. The van der Waals surface area contributed by atoms with Crippen LogP contribution in [0.25, 0.3) is 0 Å². The molecule has 2 heterocycles. The Hall–Kier alpha value is -2.01. The molecule has 2 aromatic rings. The largest absolute Gasteiger partial charge is 0.355 e. The Morgan fingerprint density at radius 2 is 2.17 bits per heavy atom. The van der Waals surface area contributed by atoms with Gasteiger partial charge in [0, 0.05) is 32.2 Å². The number of nitrogens with zero attached hydrogens (tertiary/aromatic N) is 4. The van der Waals surface area contributed by atoms with Gasteiger partial charge in [0.25, 0.3) is 0 Å². The lowest BCUT2D eigenvalue weighted by Crippen LogP contribution is -2.19. The number of nitrogens with one attached hydrogen (secondary N) is 1. The first kappa shape index (κ1) is 12.4. The molecule has 5 heteroatoms. The quantitative estimate of drug-likeness (QED) is 0.856. The van der Waals surface area contributed by atoms with Gasteiger partial charge < -0.3 is 10.2 Å². The molecule has 0 aromatic carbocycles. The van der Waals surface area contributed by atoms with Gasteiger partial charge in [-0.1, -0.05) is 6.07 Å². The minimum absolute atomic E-state index is 0.675. The summed E-state index contributed by atoms with van der Waals surface area (Å²) < 4.78 is 0. The fourth-order valence-electron chi connectivity index (χ4n) is 1.69. The lowest BCUT2D eigenvalue weighted by atomic mass is 10.3. The highest BCUT2D eigenvalue weighted by atomic mass is 15.2. The molecular weight excluding hydrogens is 226 g/mol. The fraction of sp³-hybridized carbons (Fsp3) is 0.308. The SMILES string of the molecule is CNCc1nccc(N(C)Cc2cccnc2)n1. The smallest absolute Gasteiger partial charge is 0.144 e. The number of anilines is 1. The summed E-state index contributed by atoms with van der Waals surface area (Å²) in [6.07, 6.45) is 5.43. The van der Waals surface area contributed by atoms with Crippen LogP contribution < -0.4 is 10.2 Å². The Morgan fingerprint density at radius 1 is 1.28 bits per heavy atom. The van der Waals surface area contributed by atoms with Crippen LogP contribution in [0, 0.1) is 0 Å². The average Bonchev–Trinajstić information content (AvgIpc) is 2.40. The van der Waals surface area contributed by atoms with E-state index in [0.29, 0.717) is 6.54 Å². The number of hydrogen-bond acceptors (Lipinski definition) is 5. The van der Waals surface area contributed by atoms with Gasteiger partial charge >= 0.3 is 0 Å². The van der Waals surface area contributed by atoms with E-state index in [0.717, 1.165) is 23.8 Å². The first-order valence-corrected chi connectivity index (χ1v) is 5.86. The van der Waals surface area contributed by atoms with Crippen LogP contribution in [0.4, 0.5) is 5.82 Å². The molecule has 18 heavy (non-hydrogen) atoms. The maximum Gasteiger partial charge on any atom is 0.144 e. The van der Waals surface area contributed by atoms with Gasteiger partial charge in [-0.15, -0.1) is 0 Å². The number of rotatable bonds is 5. The van der Waals surface area contributed by atoms with Crippen molar-refractivity contribution in [3.8, 4) is 0 Å². The number of aromatic nitrogens is 3. The van der Waals surface area contributed by atoms with Gasteiger partial charge in [-0.2, -0.15) is 0 Å². The number of pyridine rings is 1. The van der Waals surface area contributed by atoms with Gasteiger partial charge in [0.2, 0.25) is 0 Å². The second-order valence-electron chi connectivity index (χ2n) is 4.08. The van der Waals surface area contributed by atoms with Gasteiger partial charge in [-0.3, -0.25) is 4.98 Å². The van der Waals surface area contributed by atoms with Crippen LogP contribution >= 0.6 is 0 Å². The Balaban J connectivity index is 2.08.